The van der Waals surface area contributed by atoms with E-state index in [2.05, 4.69) is 86.3 Å². The first kappa shape index (κ1) is 22.8. The minimum absolute atomic E-state index is 0.580. The third kappa shape index (κ3) is 7.70. The fraction of sp³-hybridized carbons (Fsp3) is 0.267. The number of allylic oxidation sites excluding steroid dienone is 2. The van der Waals surface area contributed by atoms with Crippen LogP contribution in [0.1, 0.15) is 40.3 Å². The maximum absolute atomic E-state index is 5.62. The smallest absolute Gasteiger partial charge is 0.0724 e. The Morgan fingerprint density at radius 1 is 0.806 bits per heavy atom. The van der Waals surface area contributed by atoms with E-state index in [0.29, 0.717) is 13.2 Å². The average Bonchev–Trinajstić information content (AvgIpc) is 2.82. The van der Waals surface area contributed by atoms with Crippen LogP contribution in [0.15, 0.2) is 91.5 Å². The molecule has 0 N–H and O–H groups in total. The van der Waals surface area contributed by atoms with Gasteiger partial charge in [-0.05, 0) is 78.5 Å². The van der Waals surface area contributed by atoms with Crippen LogP contribution in [-0.2, 0) is 43.4 Å². The molecule has 31 heavy (non-hydrogen) atoms. The summed E-state index contributed by atoms with van der Waals surface area (Å²) < 4.78 is 5.62. The normalized spacial score (nSPS) is 11.1. The first-order valence-electron chi connectivity index (χ1n) is 11.2. The number of hydrogen-bond donors (Lipinski definition) is 0. The number of ether oxygens (including phenoxy) is 1. The Hall–Kier alpha value is -2.90. The summed E-state index contributed by atoms with van der Waals surface area (Å²) in [6, 6.07) is 27.6. The van der Waals surface area contributed by atoms with Crippen molar-refractivity contribution < 1.29 is 4.74 Å². The molecule has 0 fully saturated rings. The van der Waals surface area contributed by atoms with Crippen molar-refractivity contribution in [3.05, 3.63) is 131 Å². The second-order valence-corrected chi connectivity index (χ2v) is 7.88. The van der Waals surface area contributed by atoms with E-state index in [0.717, 1.165) is 32.1 Å². The van der Waals surface area contributed by atoms with Crippen molar-refractivity contribution in [2.75, 3.05) is 6.61 Å². The van der Waals surface area contributed by atoms with E-state index in [9.17, 15) is 0 Å². The topological polar surface area (TPSA) is 9.23 Å². The van der Waals surface area contributed by atoms with Gasteiger partial charge in [0, 0.05) is 0 Å². The summed E-state index contributed by atoms with van der Waals surface area (Å²) in [6.07, 6.45) is 11.3. The third-order valence-electron chi connectivity index (χ3n) is 5.53. The molecule has 0 heterocycles. The van der Waals surface area contributed by atoms with Gasteiger partial charge in [-0.15, -0.1) is 6.58 Å². The minimum Gasteiger partial charge on any atom is -0.373 e. The van der Waals surface area contributed by atoms with Gasteiger partial charge in [0.15, 0.2) is 0 Å². The molecule has 3 aromatic rings. The SMILES string of the molecule is C=CCOCc1ccc[c]c1CCc1ccc(CCc2ccc(C/C=C/C)cc2)cc1. The first-order chi connectivity index (χ1) is 15.3. The Morgan fingerprint density at radius 2 is 1.39 bits per heavy atom. The Balaban J connectivity index is 1.49. The maximum atomic E-state index is 5.62. The van der Waals surface area contributed by atoms with Crippen molar-refractivity contribution in [1.82, 2.24) is 0 Å². The van der Waals surface area contributed by atoms with Crippen LogP contribution in [-0.4, -0.2) is 6.61 Å². The van der Waals surface area contributed by atoms with Crippen LogP contribution in [0.25, 0.3) is 0 Å². The van der Waals surface area contributed by atoms with Crippen LogP contribution < -0.4 is 0 Å². The molecule has 0 unspecified atom stereocenters. The molecule has 0 aliphatic heterocycles. The molecule has 0 aliphatic rings. The monoisotopic (exact) mass is 409 g/mol. The lowest BCUT2D eigenvalue weighted by Gasteiger charge is -2.10. The summed E-state index contributed by atoms with van der Waals surface area (Å²) in [6.45, 7) is 6.97. The van der Waals surface area contributed by atoms with Gasteiger partial charge in [-0.1, -0.05) is 85.0 Å². The second kappa shape index (κ2) is 12.7. The van der Waals surface area contributed by atoms with Gasteiger partial charge in [0.05, 0.1) is 13.2 Å². The lowest BCUT2D eigenvalue weighted by atomic mass is 9.98. The molecule has 0 bridgehead atoms. The fourth-order valence-electron chi connectivity index (χ4n) is 3.65. The zero-order valence-corrected chi connectivity index (χ0v) is 18.6. The highest BCUT2D eigenvalue weighted by molar-refractivity contribution is 5.29. The number of aryl methyl sites for hydroxylation is 4. The summed E-state index contributed by atoms with van der Waals surface area (Å²) in [7, 11) is 0. The van der Waals surface area contributed by atoms with Crippen LogP contribution in [0.4, 0.5) is 0 Å². The Morgan fingerprint density at radius 3 is 1.97 bits per heavy atom. The molecule has 0 aromatic heterocycles. The van der Waals surface area contributed by atoms with Crippen molar-refractivity contribution in [3.8, 4) is 0 Å². The van der Waals surface area contributed by atoms with Gasteiger partial charge in [0.1, 0.15) is 0 Å². The van der Waals surface area contributed by atoms with E-state index in [1.54, 1.807) is 6.08 Å². The van der Waals surface area contributed by atoms with Crippen molar-refractivity contribution in [2.24, 2.45) is 0 Å². The quantitative estimate of drug-likeness (QED) is 0.234. The van der Waals surface area contributed by atoms with Crippen LogP contribution in [0.5, 0.6) is 0 Å². The Bertz CT molecular complexity index is 948. The summed E-state index contributed by atoms with van der Waals surface area (Å²) in [5, 5.41) is 0. The molecule has 0 atom stereocenters. The van der Waals surface area contributed by atoms with Crippen LogP contribution in [0.3, 0.4) is 0 Å². The largest absolute Gasteiger partial charge is 0.373 e. The van der Waals surface area contributed by atoms with Crippen molar-refractivity contribution >= 4 is 0 Å². The van der Waals surface area contributed by atoms with E-state index in [-0.39, 0.29) is 0 Å². The molecule has 1 heteroatoms. The van der Waals surface area contributed by atoms with Gasteiger partial charge in [-0.2, -0.15) is 0 Å². The van der Waals surface area contributed by atoms with E-state index in [1.165, 1.54) is 33.4 Å². The van der Waals surface area contributed by atoms with Gasteiger partial charge >= 0.3 is 0 Å². The zero-order chi connectivity index (χ0) is 21.7. The van der Waals surface area contributed by atoms with Gasteiger partial charge in [-0.25, -0.2) is 0 Å². The van der Waals surface area contributed by atoms with Gasteiger partial charge < -0.3 is 4.74 Å². The Labute approximate surface area is 188 Å². The number of hydrogen-bond acceptors (Lipinski definition) is 1. The molecule has 159 valence electrons. The standard InChI is InChI=1S/C30H33O/c1-3-5-8-25-11-13-26(14-12-25)15-16-27-17-19-28(20-18-27)21-22-29-9-6-7-10-30(29)24-31-23-4-2/h3-7,10-14,17-20H,2,8,15-16,21-24H2,1H3/b5-3+. The van der Waals surface area contributed by atoms with Gasteiger partial charge in [-0.3, -0.25) is 0 Å². The van der Waals surface area contributed by atoms with Crippen molar-refractivity contribution in [3.63, 3.8) is 0 Å². The summed E-state index contributed by atoms with van der Waals surface area (Å²) in [4.78, 5) is 0. The van der Waals surface area contributed by atoms with Crippen LogP contribution in [0, 0.1) is 6.07 Å². The molecule has 0 spiro atoms. The first-order valence-corrected chi connectivity index (χ1v) is 11.2. The van der Waals surface area contributed by atoms with E-state index in [1.807, 2.05) is 12.1 Å². The summed E-state index contributed by atoms with van der Waals surface area (Å²) in [5.41, 5.74) is 8.00. The molecule has 1 radical (unpaired) electrons. The van der Waals surface area contributed by atoms with Gasteiger partial charge in [0.25, 0.3) is 0 Å². The summed E-state index contributed by atoms with van der Waals surface area (Å²) >= 11 is 0. The van der Waals surface area contributed by atoms with E-state index >= 15 is 0 Å². The maximum Gasteiger partial charge on any atom is 0.0724 e. The molecule has 0 aliphatic carbocycles. The van der Waals surface area contributed by atoms with Crippen molar-refractivity contribution in [1.29, 1.82) is 0 Å². The Kier molecular flexibility index (Phi) is 9.34. The van der Waals surface area contributed by atoms with Crippen LogP contribution in [0.2, 0.25) is 0 Å². The second-order valence-electron chi connectivity index (χ2n) is 7.88. The highest BCUT2D eigenvalue weighted by Crippen LogP contribution is 2.15. The minimum atomic E-state index is 0.580. The number of rotatable bonds is 12. The molecule has 0 saturated heterocycles. The van der Waals surface area contributed by atoms with E-state index in [4.69, 9.17) is 4.74 Å². The zero-order valence-electron chi connectivity index (χ0n) is 18.6. The molecular formula is C30H33O. The highest BCUT2D eigenvalue weighted by atomic mass is 16.5. The van der Waals surface area contributed by atoms with Crippen molar-refractivity contribution in [2.45, 2.75) is 45.6 Å². The predicted octanol–water partition coefficient (Wildman–Crippen LogP) is 6.88. The molecule has 3 rings (SSSR count). The molecule has 0 amide bonds. The number of benzene rings is 3. The lowest BCUT2D eigenvalue weighted by molar-refractivity contribution is 0.148. The predicted molar refractivity (Wildman–Crippen MR) is 131 cm³/mol. The molecular weight excluding hydrogens is 376 g/mol. The van der Waals surface area contributed by atoms with Gasteiger partial charge in [0.2, 0.25) is 0 Å². The molecule has 1 nitrogen and oxygen atoms in total. The fourth-order valence-corrected chi connectivity index (χ4v) is 3.65. The van der Waals surface area contributed by atoms with E-state index < -0.39 is 0 Å². The lowest BCUT2D eigenvalue weighted by Crippen LogP contribution is -2.00. The highest BCUT2D eigenvalue weighted by Gasteiger charge is 2.04. The third-order valence-corrected chi connectivity index (χ3v) is 5.53. The average molecular weight is 410 g/mol. The van der Waals surface area contributed by atoms with Crippen LogP contribution >= 0.6 is 0 Å². The summed E-state index contributed by atoms with van der Waals surface area (Å²) in [5.74, 6) is 0. The molecule has 0 saturated carbocycles. The molecule has 3 aromatic carbocycles.